The van der Waals surface area contributed by atoms with E-state index in [9.17, 15) is 50.6 Å². The molecule has 1 aliphatic carbocycles. The Morgan fingerprint density at radius 1 is 0.918 bits per heavy atom. The molecule has 0 aliphatic heterocycles. The van der Waals surface area contributed by atoms with Crippen molar-refractivity contribution >= 4 is 75.9 Å². The van der Waals surface area contributed by atoms with E-state index in [1.54, 1.807) is 0 Å². The molecule has 0 radical (unpaired) electrons. The van der Waals surface area contributed by atoms with Crippen LogP contribution in [0, 0.1) is 30.3 Å². The number of rotatable bonds is 6. The highest BCUT2D eigenvalue weighted by atomic mass is 35.5. The van der Waals surface area contributed by atoms with Gasteiger partial charge in [-0.05, 0) is 69.2 Å². The minimum atomic E-state index is -5.03. The summed E-state index contributed by atoms with van der Waals surface area (Å²) in [5.74, 6) is -8.87. The van der Waals surface area contributed by atoms with E-state index < -0.39 is 86.3 Å². The van der Waals surface area contributed by atoms with Crippen molar-refractivity contribution in [2.24, 2.45) is 5.92 Å². The zero-order valence-corrected chi connectivity index (χ0v) is 27.8. The first kappa shape index (κ1) is 37.6. The number of carbonyl (C=O) groups is 4. The molecule has 0 heterocycles. The van der Waals surface area contributed by atoms with Gasteiger partial charge in [0.15, 0.2) is 5.82 Å². The molecule has 4 rings (SSSR count). The topological polar surface area (TPSA) is 125 Å². The van der Waals surface area contributed by atoms with Gasteiger partial charge < -0.3 is 20.5 Å². The highest BCUT2D eigenvalue weighted by Gasteiger charge is 2.67. The Kier molecular flexibility index (Phi) is 10.2. The van der Waals surface area contributed by atoms with Crippen LogP contribution in [0.2, 0.25) is 5.02 Å². The number of carboxylic acid groups (broad SMARTS) is 1. The quantitative estimate of drug-likeness (QED) is 0.170. The monoisotopic (exact) mass is 753 g/mol. The number of amides is 4. The summed E-state index contributed by atoms with van der Waals surface area (Å²) in [6, 6.07) is 5.23. The Bertz CT molecular complexity index is 1880. The van der Waals surface area contributed by atoms with E-state index in [1.807, 2.05) is 0 Å². The van der Waals surface area contributed by atoms with Crippen LogP contribution in [0.4, 0.5) is 53.0 Å². The van der Waals surface area contributed by atoms with Crippen LogP contribution in [0.3, 0.4) is 0 Å². The predicted molar refractivity (Wildman–Crippen MR) is 168 cm³/mol. The SMILES string of the molecule is Cc1cc(NC(=O)[C@H]2[C@H](c3ccc(F)c(C(F)(F)F)c3)C2(Cl)Cl)cc(C(=O)Nc2cc(N(C(=O)O)C(=O)OC(C)(C)C)c(F)cc2F)c1Cl. The van der Waals surface area contributed by atoms with Crippen LogP contribution in [0.1, 0.15) is 53.7 Å². The average Bonchev–Trinajstić information content (AvgIpc) is 3.53. The van der Waals surface area contributed by atoms with E-state index >= 15 is 0 Å². The third-order valence-corrected chi connectivity index (χ3v) is 8.49. The molecule has 0 bridgehead atoms. The molecule has 1 aliphatic rings. The molecule has 1 fully saturated rings. The fourth-order valence-corrected chi connectivity index (χ4v) is 5.85. The van der Waals surface area contributed by atoms with Crippen LogP contribution >= 0.6 is 34.8 Å². The van der Waals surface area contributed by atoms with E-state index in [0.717, 1.165) is 12.1 Å². The van der Waals surface area contributed by atoms with Crippen LogP contribution in [-0.2, 0) is 15.7 Å². The van der Waals surface area contributed by atoms with Gasteiger partial charge in [-0.25, -0.2) is 22.8 Å². The number of ether oxygens (including phenoxy) is 1. The van der Waals surface area contributed by atoms with Gasteiger partial charge in [0.1, 0.15) is 21.6 Å². The molecule has 262 valence electrons. The van der Waals surface area contributed by atoms with Crippen molar-refractivity contribution < 1.29 is 55.4 Å². The maximum atomic E-state index is 14.8. The minimum Gasteiger partial charge on any atom is -0.464 e. The molecule has 4 amide bonds. The lowest BCUT2D eigenvalue weighted by molar-refractivity contribution is -0.140. The normalized spacial score (nSPS) is 16.8. The molecule has 3 aromatic rings. The van der Waals surface area contributed by atoms with E-state index in [0.29, 0.717) is 18.2 Å². The molecule has 0 unspecified atom stereocenters. The molecule has 3 N–H and O–H groups in total. The lowest BCUT2D eigenvalue weighted by Crippen LogP contribution is -2.40. The highest BCUT2D eigenvalue weighted by Crippen LogP contribution is 2.65. The number of imide groups is 1. The molecule has 0 saturated heterocycles. The van der Waals surface area contributed by atoms with E-state index in [1.165, 1.54) is 33.8 Å². The Hall–Kier alpha value is -4.21. The van der Waals surface area contributed by atoms with Crippen molar-refractivity contribution in [1.29, 1.82) is 0 Å². The number of aryl methyl sites for hydroxylation is 1. The number of benzene rings is 3. The zero-order valence-electron chi connectivity index (χ0n) is 25.5. The van der Waals surface area contributed by atoms with E-state index in [4.69, 9.17) is 39.5 Å². The van der Waals surface area contributed by atoms with Crippen molar-refractivity contribution in [3.63, 3.8) is 0 Å². The summed E-state index contributed by atoms with van der Waals surface area (Å²) >= 11 is 18.8. The molecular formula is C31H24Cl3F6N3O6. The molecule has 3 aromatic carbocycles. The van der Waals surface area contributed by atoms with Crippen molar-refractivity contribution in [1.82, 2.24) is 0 Å². The smallest absolute Gasteiger partial charge is 0.424 e. The maximum absolute atomic E-state index is 14.8. The zero-order chi connectivity index (χ0) is 37.0. The van der Waals surface area contributed by atoms with E-state index in [-0.39, 0.29) is 38.4 Å². The second-order valence-electron chi connectivity index (χ2n) is 11.8. The van der Waals surface area contributed by atoms with Gasteiger partial charge in [0.2, 0.25) is 5.91 Å². The van der Waals surface area contributed by atoms with Gasteiger partial charge >= 0.3 is 18.4 Å². The Morgan fingerprint density at radius 3 is 2.12 bits per heavy atom. The first-order chi connectivity index (χ1) is 22.4. The molecule has 0 aromatic heterocycles. The van der Waals surface area contributed by atoms with Gasteiger partial charge in [-0.3, -0.25) is 9.59 Å². The first-order valence-electron chi connectivity index (χ1n) is 13.9. The standard InChI is InChI=1S/C31H24Cl3F6N3O6/c1-12-7-14(41-26(45)23-22(30(23,33)34)13-5-6-17(35)16(8-13)31(38,39)40)9-15(24(12)32)25(44)42-20-11-21(19(37)10-18(20)36)43(27(46)47)28(48)49-29(2,3)4/h5-11,22-23H,1-4H3,(H,41,45)(H,42,44)(H,46,47)/t22-,23+/m0/s1. The fourth-order valence-electron chi connectivity index (χ4n) is 4.83. The van der Waals surface area contributed by atoms with Crippen molar-refractivity contribution in [3.05, 3.63) is 87.2 Å². The number of anilines is 3. The third kappa shape index (κ3) is 8.00. The largest absolute Gasteiger partial charge is 0.464 e. The Morgan fingerprint density at radius 2 is 1.55 bits per heavy atom. The van der Waals surface area contributed by atoms with Crippen molar-refractivity contribution in [3.8, 4) is 0 Å². The van der Waals surface area contributed by atoms with Gasteiger partial charge in [0.25, 0.3) is 5.91 Å². The maximum Gasteiger partial charge on any atom is 0.424 e. The lowest BCUT2D eigenvalue weighted by atomic mass is 10.0. The number of carbonyl (C=O) groups excluding carboxylic acids is 3. The highest BCUT2D eigenvalue weighted by molar-refractivity contribution is 6.53. The molecule has 0 spiro atoms. The van der Waals surface area contributed by atoms with Crippen LogP contribution in [0.25, 0.3) is 0 Å². The second-order valence-corrected chi connectivity index (χ2v) is 13.7. The molecule has 18 heteroatoms. The predicted octanol–water partition coefficient (Wildman–Crippen LogP) is 9.28. The Balaban J connectivity index is 1.60. The van der Waals surface area contributed by atoms with Crippen LogP contribution < -0.4 is 15.5 Å². The molecular weight excluding hydrogens is 731 g/mol. The summed E-state index contributed by atoms with van der Waals surface area (Å²) in [7, 11) is 0. The Labute approximate surface area is 289 Å². The average molecular weight is 755 g/mol. The third-order valence-electron chi connectivity index (χ3n) is 7.05. The van der Waals surface area contributed by atoms with Gasteiger partial charge in [0.05, 0.1) is 33.4 Å². The minimum absolute atomic E-state index is 0.0795. The van der Waals surface area contributed by atoms with Crippen LogP contribution in [0.5, 0.6) is 0 Å². The summed E-state index contributed by atoms with van der Waals surface area (Å²) in [5, 5.41) is 13.9. The summed E-state index contributed by atoms with van der Waals surface area (Å²) in [5.41, 5.74) is -4.91. The van der Waals surface area contributed by atoms with Gasteiger partial charge in [-0.2, -0.15) is 18.1 Å². The summed E-state index contributed by atoms with van der Waals surface area (Å²) in [4.78, 5) is 50.7. The molecule has 49 heavy (non-hydrogen) atoms. The number of hydrogen-bond acceptors (Lipinski definition) is 5. The summed E-state index contributed by atoms with van der Waals surface area (Å²) in [6.07, 6.45) is -8.52. The van der Waals surface area contributed by atoms with Crippen molar-refractivity contribution in [2.75, 3.05) is 15.5 Å². The summed E-state index contributed by atoms with van der Waals surface area (Å²) in [6.45, 7) is 5.69. The van der Waals surface area contributed by atoms with Crippen LogP contribution in [0.15, 0.2) is 42.5 Å². The number of halogens is 9. The molecule has 9 nitrogen and oxygen atoms in total. The van der Waals surface area contributed by atoms with Crippen molar-refractivity contribution in [2.45, 2.75) is 49.7 Å². The molecule has 1 saturated carbocycles. The fraction of sp³-hybridized carbons (Fsp3) is 0.290. The number of alkyl halides is 5. The number of hydrogen-bond donors (Lipinski definition) is 3. The molecule has 2 atom stereocenters. The first-order valence-corrected chi connectivity index (χ1v) is 15.0. The van der Waals surface area contributed by atoms with Gasteiger partial charge in [-0.15, -0.1) is 23.2 Å². The number of nitrogens with one attached hydrogen (secondary N) is 2. The van der Waals surface area contributed by atoms with Gasteiger partial charge in [-0.1, -0.05) is 17.7 Å². The van der Waals surface area contributed by atoms with Gasteiger partial charge in [0, 0.05) is 17.7 Å². The summed E-state index contributed by atoms with van der Waals surface area (Å²) < 4.78 is 86.2. The van der Waals surface area contributed by atoms with Crippen LogP contribution in [-0.4, -0.2) is 39.0 Å². The van der Waals surface area contributed by atoms with E-state index in [2.05, 4.69) is 10.6 Å². The second kappa shape index (κ2) is 13.2. The lowest BCUT2D eigenvalue weighted by Gasteiger charge is -2.25. The number of nitrogens with zero attached hydrogens (tertiary/aromatic N) is 1.